The van der Waals surface area contributed by atoms with Gasteiger partial charge in [-0.3, -0.25) is 19.9 Å². The van der Waals surface area contributed by atoms with Crippen molar-refractivity contribution >= 4 is 43.9 Å². The minimum atomic E-state index is 0.991. The van der Waals surface area contributed by atoms with Crippen LogP contribution in [0.3, 0.4) is 0 Å². The lowest BCUT2D eigenvalue weighted by Crippen LogP contribution is -1.98. The highest BCUT2D eigenvalue weighted by molar-refractivity contribution is 6.09. The first kappa shape index (κ1) is 29.9. The van der Waals surface area contributed by atoms with E-state index in [4.69, 9.17) is 9.97 Å². The van der Waals surface area contributed by atoms with E-state index in [0.29, 0.717) is 0 Å². The van der Waals surface area contributed by atoms with Crippen LogP contribution in [0, 0.1) is 13.8 Å². The molecule has 0 saturated carbocycles. The second-order valence-electron chi connectivity index (χ2n) is 13.4. The number of benzene rings is 4. The molecule has 0 amide bonds. The largest absolute Gasteiger partial charge is 0.308 e. The third-order valence-electron chi connectivity index (χ3n) is 10.3. The van der Waals surface area contributed by atoms with Crippen molar-refractivity contribution in [3.05, 3.63) is 170 Å². The highest BCUT2D eigenvalue weighted by Gasteiger charge is 2.18. The monoisotopic (exact) mass is 668 g/mol. The van der Waals surface area contributed by atoms with Gasteiger partial charge in [0.05, 0.1) is 33.1 Å². The fourth-order valence-corrected chi connectivity index (χ4v) is 7.83. The molecule has 0 aliphatic carbocycles. The fraction of sp³-hybridized carbons (Fsp3) is 0.0435. The van der Waals surface area contributed by atoms with Crippen LogP contribution in [0.5, 0.6) is 0 Å². The molecule has 4 aromatic carbocycles. The van der Waals surface area contributed by atoms with Crippen LogP contribution in [0.4, 0.5) is 0 Å². The third kappa shape index (κ3) is 4.72. The van der Waals surface area contributed by atoms with Crippen LogP contribution in [-0.2, 0) is 0 Å². The van der Waals surface area contributed by atoms with Crippen molar-refractivity contribution in [2.24, 2.45) is 0 Å². The van der Waals surface area contributed by atoms with Gasteiger partial charge in [0.15, 0.2) is 0 Å². The molecule has 52 heavy (non-hydrogen) atoms. The van der Waals surface area contributed by atoms with Gasteiger partial charge >= 0.3 is 0 Å². The standard InChI is InChI=1S/C46H32N6/c1-29-23-35(51-41-17-11-31(33-7-3-19-47-27-33)25-39(41)45-43(51)9-5-21-49-45)13-15-37(29)38-16-14-36(24-30(38)2)52-42-18-12-32(34-8-4-20-48-28-34)26-40(42)46-44(52)10-6-22-50-46/h3-28H,1-2H3. The summed E-state index contributed by atoms with van der Waals surface area (Å²) in [4.78, 5) is 18.3. The zero-order chi connectivity index (χ0) is 34.8. The maximum atomic E-state index is 4.83. The van der Waals surface area contributed by atoms with Crippen molar-refractivity contribution in [3.63, 3.8) is 0 Å². The van der Waals surface area contributed by atoms with Gasteiger partial charge in [-0.25, -0.2) is 0 Å². The van der Waals surface area contributed by atoms with Crippen molar-refractivity contribution < 1.29 is 0 Å². The lowest BCUT2D eigenvalue weighted by atomic mass is 9.95. The molecule has 0 bridgehead atoms. The van der Waals surface area contributed by atoms with E-state index < -0.39 is 0 Å². The molecule has 246 valence electrons. The Hall–Kier alpha value is -6.92. The summed E-state index contributed by atoms with van der Waals surface area (Å²) in [7, 11) is 0. The van der Waals surface area contributed by atoms with E-state index in [0.717, 1.165) is 77.5 Å². The van der Waals surface area contributed by atoms with E-state index in [2.05, 4.69) is 130 Å². The lowest BCUT2D eigenvalue weighted by molar-refractivity contribution is 1.16. The highest BCUT2D eigenvalue weighted by Crippen LogP contribution is 2.38. The zero-order valence-electron chi connectivity index (χ0n) is 28.7. The van der Waals surface area contributed by atoms with Crippen molar-refractivity contribution in [2.75, 3.05) is 0 Å². The minimum Gasteiger partial charge on any atom is -0.308 e. The highest BCUT2D eigenvalue weighted by atomic mass is 15.0. The maximum Gasteiger partial charge on any atom is 0.0963 e. The molecule has 6 heterocycles. The topological polar surface area (TPSA) is 61.4 Å². The van der Waals surface area contributed by atoms with Crippen LogP contribution < -0.4 is 0 Å². The van der Waals surface area contributed by atoms with E-state index in [-0.39, 0.29) is 0 Å². The third-order valence-corrected chi connectivity index (χ3v) is 10.3. The predicted octanol–water partition coefficient (Wildman–Crippen LogP) is 11.1. The SMILES string of the molecule is Cc1cc(-n2c3ccc(-c4cccnc4)cc3c3ncccc32)ccc1-c1ccc(-n2c3ccc(-c4cccnc4)cc3c3ncccc32)cc1C. The average Bonchev–Trinajstić information content (AvgIpc) is 3.71. The van der Waals surface area contributed by atoms with E-state index in [1.807, 2.05) is 49.1 Å². The van der Waals surface area contributed by atoms with Gasteiger partial charge in [-0.15, -0.1) is 0 Å². The Morgan fingerprint density at radius 2 is 0.865 bits per heavy atom. The first-order chi connectivity index (χ1) is 25.6. The molecular weight excluding hydrogens is 637 g/mol. The zero-order valence-corrected chi connectivity index (χ0v) is 28.7. The Labute approximate surface area is 300 Å². The molecule has 6 heteroatoms. The van der Waals surface area contributed by atoms with Gasteiger partial charge in [-0.1, -0.05) is 36.4 Å². The Balaban J connectivity index is 1.05. The molecule has 0 fully saturated rings. The molecule has 0 unspecified atom stereocenters. The average molecular weight is 669 g/mol. The van der Waals surface area contributed by atoms with Crippen LogP contribution in [0.1, 0.15) is 11.1 Å². The van der Waals surface area contributed by atoms with Crippen molar-refractivity contribution in [1.82, 2.24) is 29.1 Å². The van der Waals surface area contributed by atoms with E-state index in [1.54, 1.807) is 12.4 Å². The molecule has 0 atom stereocenters. The summed E-state index contributed by atoms with van der Waals surface area (Å²) in [5.74, 6) is 0. The number of aromatic nitrogens is 6. The molecular formula is C46H32N6. The number of nitrogens with zero attached hydrogens (tertiary/aromatic N) is 6. The molecule has 0 saturated heterocycles. The number of fused-ring (bicyclic) bond motifs is 6. The summed E-state index contributed by atoms with van der Waals surface area (Å²) in [6.07, 6.45) is 11.2. The molecule has 0 aliphatic rings. The number of aryl methyl sites for hydroxylation is 2. The Kier molecular flexibility index (Phi) is 6.83. The molecule has 6 nitrogen and oxygen atoms in total. The molecule has 0 aliphatic heterocycles. The lowest BCUT2D eigenvalue weighted by Gasteiger charge is -2.15. The van der Waals surface area contributed by atoms with E-state index in [1.165, 1.54) is 22.3 Å². The van der Waals surface area contributed by atoms with Gasteiger partial charge < -0.3 is 9.13 Å². The molecule has 10 rings (SSSR count). The molecule has 6 aromatic heterocycles. The number of pyridine rings is 4. The molecule has 0 spiro atoms. The Bertz CT molecular complexity index is 2770. The van der Waals surface area contributed by atoms with E-state index in [9.17, 15) is 0 Å². The fourth-order valence-electron chi connectivity index (χ4n) is 7.83. The molecule has 0 radical (unpaired) electrons. The molecule has 10 aromatic rings. The summed E-state index contributed by atoms with van der Waals surface area (Å²) >= 11 is 0. The van der Waals surface area contributed by atoms with Gasteiger partial charge in [0.1, 0.15) is 0 Å². The second-order valence-corrected chi connectivity index (χ2v) is 13.4. The summed E-state index contributed by atoms with van der Waals surface area (Å²) in [5, 5.41) is 2.25. The quantitative estimate of drug-likeness (QED) is 0.183. The second kappa shape index (κ2) is 11.9. The summed E-state index contributed by atoms with van der Waals surface area (Å²) in [6, 6.07) is 43.3. The maximum absolute atomic E-state index is 4.83. The van der Waals surface area contributed by atoms with Gasteiger partial charge in [0, 0.05) is 70.5 Å². The smallest absolute Gasteiger partial charge is 0.0963 e. The Morgan fingerprint density at radius 3 is 1.29 bits per heavy atom. The summed E-state index contributed by atoms with van der Waals surface area (Å²) < 4.78 is 4.65. The Morgan fingerprint density at radius 1 is 0.404 bits per heavy atom. The normalized spacial score (nSPS) is 11.7. The summed E-state index contributed by atoms with van der Waals surface area (Å²) in [5.41, 5.74) is 17.9. The minimum absolute atomic E-state index is 0.991. The first-order valence-corrected chi connectivity index (χ1v) is 17.4. The predicted molar refractivity (Wildman–Crippen MR) is 212 cm³/mol. The van der Waals surface area contributed by atoms with Gasteiger partial charge in [-0.05, 0) is 132 Å². The van der Waals surface area contributed by atoms with Crippen molar-refractivity contribution in [1.29, 1.82) is 0 Å². The van der Waals surface area contributed by atoms with Gasteiger partial charge in [0.2, 0.25) is 0 Å². The summed E-state index contributed by atoms with van der Waals surface area (Å²) in [6.45, 7) is 4.41. The van der Waals surface area contributed by atoms with Gasteiger partial charge in [-0.2, -0.15) is 0 Å². The van der Waals surface area contributed by atoms with Crippen molar-refractivity contribution in [3.8, 4) is 44.8 Å². The van der Waals surface area contributed by atoms with Gasteiger partial charge in [0.25, 0.3) is 0 Å². The van der Waals surface area contributed by atoms with Crippen LogP contribution >= 0.6 is 0 Å². The number of rotatable bonds is 5. The van der Waals surface area contributed by atoms with Crippen molar-refractivity contribution in [2.45, 2.75) is 13.8 Å². The van der Waals surface area contributed by atoms with Crippen LogP contribution in [0.25, 0.3) is 88.6 Å². The number of hydrogen-bond acceptors (Lipinski definition) is 4. The van der Waals surface area contributed by atoms with Crippen LogP contribution in [0.2, 0.25) is 0 Å². The first-order valence-electron chi connectivity index (χ1n) is 17.4. The van der Waals surface area contributed by atoms with Crippen LogP contribution in [-0.4, -0.2) is 29.1 Å². The van der Waals surface area contributed by atoms with E-state index >= 15 is 0 Å². The van der Waals surface area contributed by atoms with Crippen LogP contribution in [0.15, 0.2) is 159 Å². The molecule has 0 N–H and O–H groups in total. The number of hydrogen-bond donors (Lipinski definition) is 0.